The van der Waals surface area contributed by atoms with Crippen molar-refractivity contribution in [1.29, 1.82) is 0 Å². The molecule has 6 nitrogen and oxygen atoms in total. The first-order chi connectivity index (χ1) is 35.0. The third-order valence-corrected chi connectivity index (χ3v) is 13.5. The van der Waals surface area contributed by atoms with Gasteiger partial charge in [-0.3, -0.25) is 14.4 Å². The first kappa shape index (κ1) is 68.1. The fraction of sp³-hybridized carbons (Fsp3) is 0.800. The van der Waals surface area contributed by atoms with Crippen molar-refractivity contribution in [3.63, 3.8) is 0 Å². The predicted molar refractivity (Wildman–Crippen MR) is 307 cm³/mol. The van der Waals surface area contributed by atoms with Gasteiger partial charge in [-0.2, -0.15) is 0 Å². The Morgan fingerprint density at radius 1 is 0.282 bits per heavy atom. The Bertz CT molecular complexity index is 1280. The lowest BCUT2D eigenvalue weighted by Crippen LogP contribution is -2.30. The second kappa shape index (κ2) is 59.7. The largest absolute Gasteiger partial charge is 0.462 e. The van der Waals surface area contributed by atoms with Gasteiger partial charge in [0, 0.05) is 19.3 Å². The Balaban J connectivity index is 4.28. The molecule has 0 aliphatic rings. The van der Waals surface area contributed by atoms with Crippen molar-refractivity contribution in [3.05, 3.63) is 60.8 Å². The second-order valence-electron chi connectivity index (χ2n) is 20.6. The zero-order valence-corrected chi connectivity index (χ0v) is 47.2. The van der Waals surface area contributed by atoms with E-state index >= 15 is 0 Å². The number of unbranched alkanes of at least 4 members (excludes halogenated alkanes) is 35. The maximum absolute atomic E-state index is 12.9. The van der Waals surface area contributed by atoms with Crippen LogP contribution in [0.3, 0.4) is 0 Å². The molecule has 0 heterocycles. The number of ether oxygens (including phenoxy) is 3. The number of allylic oxidation sites excluding steroid dienone is 10. The van der Waals surface area contributed by atoms with E-state index in [1.807, 2.05) is 0 Å². The Hall–Kier alpha value is -2.89. The van der Waals surface area contributed by atoms with Crippen LogP contribution in [0.4, 0.5) is 0 Å². The van der Waals surface area contributed by atoms with Crippen molar-refractivity contribution in [2.24, 2.45) is 0 Å². The van der Waals surface area contributed by atoms with Crippen LogP contribution in [0.2, 0.25) is 0 Å². The molecule has 6 heteroatoms. The molecule has 0 saturated carbocycles. The Kier molecular flexibility index (Phi) is 57.2. The summed E-state index contributed by atoms with van der Waals surface area (Å²) >= 11 is 0. The Morgan fingerprint density at radius 3 is 0.845 bits per heavy atom. The van der Waals surface area contributed by atoms with E-state index in [4.69, 9.17) is 14.2 Å². The van der Waals surface area contributed by atoms with Crippen molar-refractivity contribution in [2.45, 2.75) is 322 Å². The third-order valence-electron chi connectivity index (χ3n) is 13.5. The second-order valence-corrected chi connectivity index (χ2v) is 20.6. The van der Waals surface area contributed by atoms with E-state index in [-0.39, 0.29) is 31.1 Å². The molecule has 1 unspecified atom stereocenters. The first-order valence-electron chi connectivity index (χ1n) is 30.8. The lowest BCUT2D eigenvalue weighted by atomic mass is 10.0. The number of esters is 3. The van der Waals surface area contributed by atoms with Gasteiger partial charge in [-0.15, -0.1) is 0 Å². The molecular formula is C65H116O6. The summed E-state index contributed by atoms with van der Waals surface area (Å²) in [5.41, 5.74) is 0. The van der Waals surface area contributed by atoms with Crippen molar-refractivity contribution >= 4 is 17.9 Å². The topological polar surface area (TPSA) is 78.9 Å². The van der Waals surface area contributed by atoms with Gasteiger partial charge in [0.1, 0.15) is 13.2 Å². The summed E-state index contributed by atoms with van der Waals surface area (Å²) < 4.78 is 16.9. The summed E-state index contributed by atoms with van der Waals surface area (Å²) in [6.07, 6.45) is 75.0. The molecule has 0 N–H and O–H groups in total. The maximum Gasteiger partial charge on any atom is 0.306 e. The molecule has 0 aromatic rings. The maximum atomic E-state index is 12.9. The van der Waals surface area contributed by atoms with E-state index in [0.717, 1.165) is 96.3 Å². The van der Waals surface area contributed by atoms with Crippen LogP contribution in [0.1, 0.15) is 316 Å². The van der Waals surface area contributed by atoms with Crippen molar-refractivity contribution in [2.75, 3.05) is 13.2 Å². The molecular weight excluding hydrogens is 877 g/mol. The van der Waals surface area contributed by atoms with E-state index in [2.05, 4.69) is 81.5 Å². The lowest BCUT2D eigenvalue weighted by molar-refractivity contribution is -0.167. The number of carbonyl (C=O) groups excluding carboxylic acids is 3. The Morgan fingerprint density at radius 2 is 0.535 bits per heavy atom. The first-order valence-corrected chi connectivity index (χ1v) is 30.8. The highest BCUT2D eigenvalue weighted by Crippen LogP contribution is 2.16. The molecule has 0 aliphatic heterocycles. The summed E-state index contributed by atoms with van der Waals surface area (Å²) in [6.45, 7) is 6.58. The highest BCUT2D eigenvalue weighted by Gasteiger charge is 2.19. The minimum Gasteiger partial charge on any atom is -0.462 e. The van der Waals surface area contributed by atoms with Crippen LogP contribution >= 0.6 is 0 Å². The van der Waals surface area contributed by atoms with Crippen molar-refractivity contribution in [3.8, 4) is 0 Å². The highest BCUT2D eigenvalue weighted by molar-refractivity contribution is 5.71. The van der Waals surface area contributed by atoms with E-state index in [0.29, 0.717) is 19.3 Å². The average Bonchev–Trinajstić information content (AvgIpc) is 3.37. The monoisotopic (exact) mass is 993 g/mol. The van der Waals surface area contributed by atoms with Crippen LogP contribution < -0.4 is 0 Å². The summed E-state index contributed by atoms with van der Waals surface area (Å²) in [6, 6.07) is 0. The standard InChI is InChI=1S/C65H116O6/c1-4-7-10-13-16-19-22-25-27-28-29-30-31-32-33-34-35-36-38-40-43-46-49-52-55-58-64(67)70-61-62(60-69-63(66)57-54-51-48-45-42-39-24-21-18-15-12-9-6-3)71-65(68)59-56-53-50-47-44-41-37-26-23-20-17-14-11-8-5-2/h12,15,21-22,24-25,28-29,31-32,62H,4-11,13-14,16-20,23,26-27,30,33-61H2,1-3H3/b15-12-,24-21-,25-22-,29-28-,32-31-. The minimum atomic E-state index is -0.780. The van der Waals surface area contributed by atoms with Crippen molar-refractivity contribution in [1.82, 2.24) is 0 Å². The number of hydrogen-bond donors (Lipinski definition) is 0. The lowest BCUT2D eigenvalue weighted by Gasteiger charge is -2.18. The van der Waals surface area contributed by atoms with E-state index in [1.165, 1.54) is 180 Å². The molecule has 0 radical (unpaired) electrons. The molecule has 0 rings (SSSR count). The quantitative estimate of drug-likeness (QED) is 0.0261. The Labute approximate surface area is 440 Å². The summed E-state index contributed by atoms with van der Waals surface area (Å²) in [5.74, 6) is -0.881. The molecule has 1 atom stereocenters. The van der Waals surface area contributed by atoms with Crippen LogP contribution in [-0.2, 0) is 28.6 Å². The predicted octanol–water partition coefficient (Wildman–Crippen LogP) is 20.8. The summed E-state index contributed by atoms with van der Waals surface area (Å²) in [7, 11) is 0. The molecule has 0 amide bonds. The molecule has 0 fully saturated rings. The van der Waals surface area contributed by atoms with Crippen LogP contribution in [0, 0.1) is 0 Å². The normalized spacial score (nSPS) is 12.4. The van der Waals surface area contributed by atoms with Gasteiger partial charge in [0.2, 0.25) is 0 Å². The highest BCUT2D eigenvalue weighted by atomic mass is 16.6. The van der Waals surface area contributed by atoms with Gasteiger partial charge in [-0.25, -0.2) is 0 Å². The minimum absolute atomic E-state index is 0.0781. The molecule has 0 bridgehead atoms. The fourth-order valence-electron chi connectivity index (χ4n) is 8.84. The molecule has 0 aromatic carbocycles. The van der Waals surface area contributed by atoms with Crippen LogP contribution in [0.15, 0.2) is 60.8 Å². The SMILES string of the molecule is CCC/C=C\C/C=C\CCCCCCCC(=O)OCC(COC(=O)CCCCCCCCCCCC/C=C\C/C=C\C/C=C\CCCCCCC)OC(=O)CCCCCCCCCCCCCCCCC. The van der Waals surface area contributed by atoms with Gasteiger partial charge < -0.3 is 14.2 Å². The van der Waals surface area contributed by atoms with E-state index < -0.39 is 6.10 Å². The zero-order valence-electron chi connectivity index (χ0n) is 47.2. The fourth-order valence-corrected chi connectivity index (χ4v) is 8.84. The smallest absolute Gasteiger partial charge is 0.306 e. The van der Waals surface area contributed by atoms with Gasteiger partial charge in [0.05, 0.1) is 0 Å². The third kappa shape index (κ3) is 57.9. The van der Waals surface area contributed by atoms with Gasteiger partial charge in [-0.05, 0) is 83.5 Å². The molecule has 0 spiro atoms. The molecule has 0 saturated heterocycles. The summed E-state index contributed by atoms with van der Waals surface area (Å²) in [5, 5.41) is 0. The van der Waals surface area contributed by atoms with Crippen LogP contribution in [-0.4, -0.2) is 37.2 Å². The van der Waals surface area contributed by atoms with Crippen molar-refractivity contribution < 1.29 is 28.6 Å². The van der Waals surface area contributed by atoms with Gasteiger partial charge >= 0.3 is 17.9 Å². The number of rotatable bonds is 56. The van der Waals surface area contributed by atoms with Gasteiger partial charge in [-0.1, -0.05) is 274 Å². The molecule has 71 heavy (non-hydrogen) atoms. The summed E-state index contributed by atoms with van der Waals surface area (Å²) in [4.78, 5) is 38.2. The molecule has 0 aromatic heterocycles. The number of hydrogen-bond acceptors (Lipinski definition) is 6. The average molecular weight is 994 g/mol. The zero-order chi connectivity index (χ0) is 51.4. The van der Waals surface area contributed by atoms with Crippen LogP contribution in [0.5, 0.6) is 0 Å². The van der Waals surface area contributed by atoms with E-state index in [9.17, 15) is 14.4 Å². The van der Waals surface area contributed by atoms with Gasteiger partial charge in [0.25, 0.3) is 0 Å². The molecule has 0 aliphatic carbocycles. The molecule has 412 valence electrons. The van der Waals surface area contributed by atoms with Gasteiger partial charge in [0.15, 0.2) is 6.10 Å². The van der Waals surface area contributed by atoms with Crippen LogP contribution in [0.25, 0.3) is 0 Å². The number of carbonyl (C=O) groups is 3. The van der Waals surface area contributed by atoms with E-state index in [1.54, 1.807) is 0 Å².